The number of nitrogens with zero attached hydrogens (tertiary/aromatic N) is 1. The fraction of sp³-hybridized carbons (Fsp3) is 0.267. The summed E-state index contributed by atoms with van der Waals surface area (Å²) in [6.45, 7) is 1.61. The Morgan fingerprint density at radius 1 is 1.28 bits per heavy atom. The minimum absolute atomic E-state index is 0.0473. The van der Waals surface area contributed by atoms with Gasteiger partial charge in [-0.2, -0.15) is 0 Å². The molecule has 3 heteroatoms. The summed E-state index contributed by atoms with van der Waals surface area (Å²) in [5, 5.41) is 2.50. The van der Waals surface area contributed by atoms with Crippen LogP contribution in [0.2, 0.25) is 0 Å². The number of ether oxygens (including phenoxy) is 1. The highest BCUT2D eigenvalue weighted by atomic mass is 16.5. The van der Waals surface area contributed by atoms with Crippen molar-refractivity contribution in [1.82, 2.24) is 4.90 Å². The third-order valence-electron chi connectivity index (χ3n) is 3.44. The molecule has 0 saturated carbocycles. The zero-order valence-electron chi connectivity index (χ0n) is 10.3. The van der Waals surface area contributed by atoms with Gasteiger partial charge in [-0.25, -0.2) is 0 Å². The van der Waals surface area contributed by atoms with E-state index >= 15 is 0 Å². The number of hydrogen-bond donors (Lipinski definition) is 0. The molecule has 0 amide bonds. The maximum absolute atomic E-state index is 11.4. The molecule has 1 heterocycles. The first-order chi connectivity index (χ1) is 8.79. The van der Waals surface area contributed by atoms with E-state index in [0.717, 1.165) is 13.1 Å². The molecule has 0 bridgehead atoms. The molecule has 2 atom stereocenters. The second-order valence-electron chi connectivity index (χ2n) is 4.61. The molecule has 1 fully saturated rings. The van der Waals surface area contributed by atoms with Crippen molar-refractivity contribution in [1.29, 1.82) is 0 Å². The highest BCUT2D eigenvalue weighted by Crippen LogP contribution is 2.26. The fourth-order valence-electron chi connectivity index (χ4n) is 2.36. The van der Waals surface area contributed by atoms with E-state index < -0.39 is 0 Å². The first-order valence-corrected chi connectivity index (χ1v) is 6.08. The molecular weight excluding hydrogens is 226 g/mol. The lowest BCUT2D eigenvalue weighted by Gasteiger charge is -2.07. The lowest BCUT2D eigenvalue weighted by atomic mass is 10.0. The highest BCUT2D eigenvalue weighted by molar-refractivity contribution is 5.86. The molecule has 0 spiro atoms. The van der Waals surface area contributed by atoms with Crippen LogP contribution in [0.15, 0.2) is 42.5 Å². The number of fused-ring (bicyclic) bond motifs is 1. The molecule has 2 unspecified atom stereocenters. The summed E-state index contributed by atoms with van der Waals surface area (Å²) >= 11 is 0. The van der Waals surface area contributed by atoms with Crippen molar-refractivity contribution in [2.75, 3.05) is 13.7 Å². The summed E-state index contributed by atoms with van der Waals surface area (Å²) in [7, 11) is 1.44. The molecule has 1 aliphatic heterocycles. The zero-order chi connectivity index (χ0) is 12.5. The third kappa shape index (κ3) is 1.97. The van der Waals surface area contributed by atoms with Crippen LogP contribution < -0.4 is 0 Å². The molecule has 3 nitrogen and oxygen atoms in total. The number of methoxy groups -OCH3 is 1. The van der Waals surface area contributed by atoms with Crippen molar-refractivity contribution in [3.05, 3.63) is 48.0 Å². The SMILES string of the molecule is COC(=O)C1CN1Cc1cccc2ccccc12. The van der Waals surface area contributed by atoms with Crippen molar-refractivity contribution >= 4 is 16.7 Å². The first-order valence-electron chi connectivity index (χ1n) is 6.08. The second-order valence-corrected chi connectivity index (χ2v) is 4.61. The normalized spacial score (nSPS) is 21.8. The van der Waals surface area contributed by atoms with E-state index in [1.165, 1.54) is 23.4 Å². The van der Waals surface area contributed by atoms with Gasteiger partial charge in [0.05, 0.1) is 7.11 Å². The third-order valence-corrected chi connectivity index (χ3v) is 3.44. The van der Waals surface area contributed by atoms with Gasteiger partial charge in [0.1, 0.15) is 6.04 Å². The largest absolute Gasteiger partial charge is 0.468 e. The van der Waals surface area contributed by atoms with Crippen LogP contribution in [0.3, 0.4) is 0 Å². The summed E-state index contributed by atoms with van der Waals surface area (Å²) in [4.78, 5) is 13.5. The lowest BCUT2D eigenvalue weighted by Crippen LogP contribution is -2.14. The summed E-state index contributed by atoms with van der Waals surface area (Å²) in [5.74, 6) is -0.129. The van der Waals surface area contributed by atoms with Gasteiger partial charge in [-0.15, -0.1) is 0 Å². The summed E-state index contributed by atoms with van der Waals surface area (Å²) in [6.07, 6.45) is 0. The van der Waals surface area contributed by atoms with Gasteiger partial charge in [0, 0.05) is 13.1 Å². The molecule has 1 saturated heterocycles. The van der Waals surface area contributed by atoms with Crippen LogP contribution >= 0.6 is 0 Å². The molecule has 2 aromatic carbocycles. The standard InChI is InChI=1S/C15H15NO2/c1-18-15(17)14-10-16(14)9-12-7-4-6-11-5-2-3-8-13(11)12/h2-8,14H,9-10H2,1H3. The fourth-order valence-corrected chi connectivity index (χ4v) is 2.36. The maximum Gasteiger partial charge on any atom is 0.324 e. The second kappa shape index (κ2) is 4.42. The van der Waals surface area contributed by atoms with E-state index in [4.69, 9.17) is 4.74 Å². The van der Waals surface area contributed by atoms with Crippen LogP contribution in [-0.2, 0) is 16.1 Å². The van der Waals surface area contributed by atoms with E-state index in [1.807, 2.05) is 12.1 Å². The smallest absolute Gasteiger partial charge is 0.324 e. The number of hydrogen-bond acceptors (Lipinski definition) is 3. The van der Waals surface area contributed by atoms with E-state index in [9.17, 15) is 4.79 Å². The van der Waals surface area contributed by atoms with Gasteiger partial charge in [0.2, 0.25) is 0 Å². The van der Waals surface area contributed by atoms with Crippen LogP contribution in [0, 0.1) is 0 Å². The van der Waals surface area contributed by atoms with Crippen molar-refractivity contribution in [2.24, 2.45) is 0 Å². The van der Waals surface area contributed by atoms with Gasteiger partial charge in [-0.05, 0) is 16.3 Å². The minimum atomic E-state index is -0.129. The molecule has 0 N–H and O–H groups in total. The lowest BCUT2D eigenvalue weighted by molar-refractivity contribution is -0.140. The Morgan fingerprint density at radius 3 is 2.89 bits per heavy atom. The Balaban J connectivity index is 1.82. The molecule has 92 valence electrons. The van der Waals surface area contributed by atoms with E-state index in [-0.39, 0.29) is 12.0 Å². The van der Waals surface area contributed by atoms with E-state index in [0.29, 0.717) is 0 Å². The van der Waals surface area contributed by atoms with E-state index in [2.05, 4.69) is 35.2 Å². The summed E-state index contributed by atoms with van der Waals surface area (Å²) in [5.41, 5.74) is 1.26. The predicted molar refractivity (Wildman–Crippen MR) is 70.2 cm³/mol. The van der Waals surface area contributed by atoms with Crippen molar-refractivity contribution in [3.63, 3.8) is 0 Å². The van der Waals surface area contributed by atoms with Crippen molar-refractivity contribution in [3.8, 4) is 0 Å². The molecule has 0 radical (unpaired) electrons. The zero-order valence-corrected chi connectivity index (χ0v) is 10.3. The van der Waals surface area contributed by atoms with E-state index in [1.54, 1.807) is 0 Å². The molecule has 0 aliphatic carbocycles. The van der Waals surface area contributed by atoms with Crippen molar-refractivity contribution in [2.45, 2.75) is 12.6 Å². The van der Waals surface area contributed by atoms with Gasteiger partial charge in [-0.1, -0.05) is 42.5 Å². The Labute approximate surface area is 106 Å². The quantitative estimate of drug-likeness (QED) is 0.609. The van der Waals surface area contributed by atoms with Gasteiger partial charge in [0.15, 0.2) is 0 Å². The summed E-state index contributed by atoms with van der Waals surface area (Å²) < 4.78 is 4.75. The summed E-state index contributed by atoms with van der Waals surface area (Å²) in [6, 6.07) is 14.6. The van der Waals surface area contributed by atoms with Crippen LogP contribution in [0.1, 0.15) is 5.56 Å². The monoisotopic (exact) mass is 241 g/mol. The average molecular weight is 241 g/mol. The Bertz CT molecular complexity index is 589. The maximum atomic E-state index is 11.4. The molecule has 1 aliphatic rings. The predicted octanol–water partition coefficient (Wildman–Crippen LogP) is 2.20. The van der Waals surface area contributed by atoms with Gasteiger partial charge >= 0.3 is 5.97 Å². The molecule has 18 heavy (non-hydrogen) atoms. The Kier molecular flexibility index (Phi) is 2.76. The van der Waals surface area contributed by atoms with Crippen LogP contribution in [0.25, 0.3) is 10.8 Å². The van der Waals surface area contributed by atoms with Crippen LogP contribution in [-0.4, -0.2) is 30.6 Å². The first kappa shape index (κ1) is 11.2. The van der Waals surface area contributed by atoms with Crippen molar-refractivity contribution < 1.29 is 9.53 Å². The number of esters is 1. The molecule has 3 rings (SSSR count). The molecular formula is C15H15NO2. The van der Waals surface area contributed by atoms with Gasteiger partial charge in [0.25, 0.3) is 0 Å². The number of rotatable bonds is 3. The molecule has 0 aromatic heterocycles. The Morgan fingerprint density at radius 2 is 2.06 bits per heavy atom. The highest BCUT2D eigenvalue weighted by Gasteiger charge is 2.41. The number of carbonyl (C=O) groups is 1. The number of benzene rings is 2. The topological polar surface area (TPSA) is 29.3 Å². The minimum Gasteiger partial charge on any atom is -0.468 e. The van der Waals surface area contributed by atoms with Crippen LogP contribution in [0.5, 0.6) is 0 Å². The van der Waals surface area contributed by atoms with Gasteiger partial charge < -0.3 is 4.74 Å². The molecule has 2 aromatic rings. The van der Waals surface area contributed by atoms with Gasteiger partial charge in [-0.3, -0.25) is 9.69 Å². The number of carbonyl (C=O) groups excluding carboxylic acids is 1. The Hall–Kier alpha value is -1.87. The average Bonchev–Trinajstić information content (AvgIpc) is 3.18. The van der Waals surface area contributed by atoms with Crippen LogP contribution in [0.4, 0.5) is 0 Å².